The molecule has 0 saturated carbocycles. The molecule has 2 aliphatic rings. The average Bonchev–Trinajstić information content (AvgIpc) is 2.73. The molecule has 1 unspecified atom stereocenters. The molecule has 0 amide bonds. The number of carboxylic acids is 1. The number of aromatic nitrogens is 2. The van der Waals surface area contributed by atoms with E-state index in [2.05, 4.69) is 34.1 Å². The number of carboxylic acid groups (broad SMARTS) is 1. The third-order valence-electron chi connectivity index (χ3n) is 5.55. The molecule has 0 spiro atoms. The summed E-state index contributed by atoms with van der Waals surface area (Å²) >= 11 is 0. The number of carbonyl (C=O) groups is 1. The van der Waals surface area contributed by atoms with Crippen molar-refractivity contribution in [3.05, 3.63) is 47.2 Å². The lowest BCUT2D eigenvalue weighted by Gasteiger charge is -2.33. The highest BCUT2D eigenvalue weighted by atomic mass is 16.5. The molecule has 1 N–H and O–H groups in total. The summed E-state index contributed by atoms with van der Waals surface area (Å²) in [4.78, 5) is 25.3. The van der Waals surface area contributed by atoms with Gasteiger partial charge in [-0.3, -0.25) is 4.79 Å². The van der Waals surface area contributed by atoms with Crippen molar-refractivity contribution < 1.29 is 14.6 Å². The molecule has 7 nitrogen and oxygen atoms in total. The predicted molar refractivity (Wildman–Crippen MR) is 107 cm³/mol. The molecule has 2 aromatic rings. The molecule has 1 aromatic heterocycles. The Hall–Kier alpha value is -2.67. The minimum absolute atomic E-state index is 0.347. The zero-order valence-electron chi connectivity index (χ0n) is 16.2. The van der Waals surface area contributed by atoms with Gasteiger partial charge in [-0.25, -0.2) is 4.98 Å². The van der Waals surface area contributed by atoms with E-state index in [0.29, 0.717) is 19.1 Å². The number of rotatable bonds is 5. The maximum atomic E-state index is 11.4. The Labute approximate surface area is 165 Å². The topological polar surface area (TPSA) is 78.8 Å². The first-order chi connectivity index (χ1) is 13.6. The summed E-state index contributed by atoms with van der Waals surface area (Å²) < 4.78 is 5.31. The van der Waals surface area contributed by atoms with Crippen LogP contribution in [0.15, 0.2) is 30.3 Å². The number of nitrogens with zero attached hydrogens (tertiary/aromatic N) is 4. The molecular formula is C21H26N4O3. The van der Waals surface area contributed by atoms with Gasteiger partial charge in [0.25, 0.3) is 0 Å². The quantitative estimate of drug-likeness (QED) is 0.851. The van der Waals surface area contributed by atoms with Gasteiger partial charge in [0.2, 0.25) is 5.95 Å². The van der Waals surface area contributed by atoms with Gasteiger partial charge in [0, 0.05) is 39.4 Å². The molecule has 28 heavy (non-hydrogen) atoms. The number of piperidine rings is 1. The monoisotopic (exact) mass is 382 g/mol. The fourth-order valence-corrected chi connectivity index (χ4v) is 4.05. The van der Waals surface area contributed by atoms with Crippen LogP contribution in [0.1, 0.15) is 29.7 Å². The molecule has 2 aliphatic heterocycles. The Morgan fingerprint density at radius 2 is 2.04 bits per heavy atom. The molecule has 4 rings (SSSR count). The third kappa shape index (κ3) is 3.94. The second kappa shape index (κ2) is 8.14. The van der Waals surface area contributed by atoms with Crippen LogP contribution in [-0.2, 0) is 29.1 Å². The molecule has 3 heterocycles. The van der Waals surface area contributed by atoms with Crippen molar-refractivity contribution in [2.24, 2.45) is 5.92 Å². The summed E-state index contributed by atoms with van der Waals surface area (Å²) in [6.07, 6.45) is 2.54. The first kappa shape index (κ1) is 18.7. The molecule has 1 saturated heterocycles. The first-order valence-electron chi connectivity index (χ1n) is 9.80. The number of benzene rings is 1. The molecule has 1 fully saturated rings. The average molecular weight is 382 g/mol. The summed E-state index contributed by atoms with van der Waals surface area (Å²) in [6.45, 7) is 3.36. The van der Waals surface area contributed by atoms with E-state index in [-0.39, 0.29) is 5.92 Å². The number of hydrogen-bond donors (Lipinski definition) is 1. The lowest BCUT2D eigenvalue weighted by molar-refractivity contribution is -0.141. The highest BCUT2D eigenvalue weighted by Gasteiger charge is 2.27. The Balaban J connectivity index is 1.62. The number of aliphatic carboxylic acids is 1. The van der Waals surface area contributed by atoms with Gasteiger partial charge in [-0.15, -0.1) is 0 Å². The van der Waals surface area contributed by atoms with Crippen molar-refractivity contribution in [2.45, 2.75) is 32.4 Å². The standard InChI is InChI=1S/C21H26N4O3/c1-28-14-18-11-19(24-9-4-7-17(13-24)20(26)27)23-21(22-18)25-10-8-15-5-2-3-6-16(15)12-25/h2-3,5-6,11,17H,4,7-10,12-14H2,1H3,(H,26,27). The Kier molecular flexibility index (Phi) is 5.43. The molecule has 148 valence electrons. The van der Waals surface area contributed by atoms with Crippen molar-refractivity contribution >= 4 is 17.7 Å². The maximum Gasteiger partial charge on any atom is 0.308 e. The zero-order chi connectivity index (χ0) is 19.5. The number of hydrogen-bond acceptors (Lipinski definition) is 6. The lowest BCUT2D eigenvalue weighted by atomic mass is 9.98. The highest BCUT2D eigenvalue weighted by Crippen LogP contribution is 2.27. The van der Waals surface area contributed by atoms with Crippen molar-refractivity contribution in [3.63, 3.8) is 0 Å². The number of methoxy groups -OCH3 is 1. The van der Waals surface area contributed by atoms with Crippen LogP contribution in [-0.4, -0.2) is 47.8 Å². The summed E-state index contributed by atoms with van der Waals surface area (Å²) in [5.41, 5.74) is 3.51. The predicted octanol–water partition coefficient (Wildman–Crippen LogP) is 2.49. The minimum Gasteiger partial charge on any atom is -0.481 e. The van der Waals surface area contributed by atoms with Crippen LogP contribution in [0.25, 0.3) is 0 Å². The normalized spacial score (nSPS) is 19.4. The minimum atomic E-state index is -0.733. The van der Waals surface area contributed by atoms with E-state index in [9.17, 15) is 9.90 Å². The first-order valence-corrected chi connectivity index (χ1v) is 9.80. The smallest absolute Gasteiger partial charge is 0.308 e. The van der Waals surface area contributed by atoms with Crippen LogP contribution < -0.4 is 9.80 Å². The van der Waals surface area contributed by atoms with E-state index in [1.54, 1.807) is 7.11 Å². The zero-order valence-corrected chi connectivity index (χ0v) is 16.2. The summed E-state index contributed by atoms with van der Waals surface area (Å²) in [6, 6.07) is 10.4. The Morgan fingerprint density at radius 3 is 2.82 bits per heavy atom. The molecule has 0 aliphatic carbocycles. The lowest BCUT2D eigenvalue weighted by Crippen LogP contribution is -2.39. The molecule has 1 aromatic carbocycles. The second-order valence-corrected chi connectivity index (χ2v) is 7.51. The molecule has 1 atom stereocenters. The van der Waals surface area contributed by atoms with Crippen LogP contribution in [0.4, 0.5) is 11.8 Å². The van der Waals surface area contributed by atoms with E-state index in [1.165, 1.54) is 11.1 Å². The van der Waals surface area contributed by atoms with Crippen LogP contribution >= 0.6 is 0 Å². The molecule has 0 bridgehead atoms. The molecular weight excluding hydrogens is 356 g/mol. The maximum absolute atomic E-state index is 11.4. The van der Waals surface area contributed by atoms with Crippen molar-refractivity contribution in [1.29, 1.82) is 0 Å². The SMILES string of the molecule is COCc1cc(N2CCCC(C(=O)O)C2)nc(N2CCc3ccccc3C2)n1. The van der Waals surface area contributed by atoms with Gasteiger partial charge >= 0.3 is 5.97 Å². The van der Waals surface area contributed by atoms with Crippen LogP contribution in [0, 0.1) is 5.92 Å². The number of fused-ring (bicyclic) bond motifs is 1. The van der Waals surface area contributed by atoms with Gasteiger partial charge in [0.1, 0.15) is 5.82 Å². The Morgan fingerprint density at radius 1 is 1.21 bits per heavy atom. The second-order valence-electron chi connectivity index (χ2n) is 7.51. The summed E-state index contributed by atoms with van der Waals surface area (Å²) in [5.74, 6) is 0.405. The largest absolute Gasteiger partial charge is 0.481 e. The Bertz CT molecular complexity index is 857. The third-order valence-corrected chi connectivity index (χ3v) is 5.55. The molecule has 7 heteroatoms. The van der Waals surface area contributed by atoms with Gasteiger partial charge in [-0.1, -0.05) is 24.3 Å². The molecule has 0 radical (unpaired) electrons. The van der Waals surface area contributed by atoms with Crippen molar-refractivity contribution in [2.75, 3.05) is 36.5 Å². The van der Waals surface area contributed by atoms with E-state index in [4.69, 9.17) is 14.7 Å². The summed E-state index contributed by atoms with van der Waals surface area (Å²) in [5, 5.41) is 9.41. The summed E-state index contributed by atoms with van der Waals surface area (Å²) in [7, 11) is 1.65. The number of ether oxygens (including phenoxy) is 1. The van der Waals surface area contributed by atoms with Crippen molar-refractivity contribution in [3.8, 4) is 0 Å². The van der Waals surface area contributed by atoms with Gasteiger partial charge in [0.05, 0.1) is 18.2 Å². The van der Waals surface area contributed by atoms with Gasteiger partial charge in [0.15, 0.2) is 0 Å². The van der Waals surface area contributed by atoms with Crippen LogP contribution in [0.3, 0.4) is 0 Å². The van der Waals surface area contributed by atoms with Gasteiger partial charge in [-0.2, -0.15) is 4.98 Å². The fourth-order valence-electron chi connectivity index (χ4n) is 4.05. The fraction of sp³-hybridized carbons (Fsp3) is 0.476. The van der Waals surface area contributed by atoms with Crippen LogP contribution in [0.2, 0.25) is 0 Å². The van der Waals surface area contributed by atoms with E-state index in [1.807, 2.05) is 6.07 Å². The van der Waals surface area contributed by atoms with Crippen molar-refractivity contribution in [1.82, 2.24) is 9.97 Å². The number of anilines is 2. The van der Waals surface area contributed by atoms with Gasteiger partial charge in [-0.05, 0) is 30.4 Å². The highest BCUT2D eigenvalue weighted by molar-refractivity contribution is 5.71. The van der Waals surface area contributed by atoms with Crippen LogP contribution in [0.5, 0.6) is 0 Å². The van der Waals surface area contributed by atoms with Gasteiger partial charge < -0.3 is 19.6 Å². The van der Waals surface area contributed by atoms with E-state index in [0.717, 1.165) is 50.4 Å². The van der Waals surface area contributed by atoms with E-state index < -0.39 is 5.97 Å². The van der Waals surface area contributed by atoms with E-state index >= 15 is 0 Å².